The third kappa shape index (κ3) is 3.50. The average Bonchev–Trinajstić information content (AvgIpc) is 2.81. The van der Waals surface area contributed by atoms with Crippen molar-refractivity contribution in [2.45, 2.75) is 31.5 Å². The minimum absolute atomic E-state index is 0.303. The third-order valence-corrected chi connectivity index (χ3v) is 3.69. The summed E-state index contributed by atoms with van der Waals surface area (Å²) >= 11 is 0. The fourth-order valence-electron chi connectivity index (χ4n) is 2.22. The summed E-state index contributed by atoms with van der Waals surface area (Å²) in [6.45, 7) is 4.72. The number of aliphatic hydroxyl groups is 1. The molecule has 19 heavy (non-hydrogen) atoms. The summed E-state index contributed by atoms with van der Waals surface area (Å²) < 4.78 is 5.11. The first-order chi connectivity index (χ1) is 8.97. The average molecular weight is 269 g/mol. The van der Waals surface area contributed by atoms with Gasteiger partial charge >= 0.3 is 0 Å². The van der Waals surface area contributed by atoms with Crippen molar-refractivity contribution in [2.24, 2.45) is 5.73 Å². The Morgan fingerprint density at radius 1 is 1.47 bits per heavy atom. The molecule has 3 atom stereocenters. The van der Waals surface area contributed by atoms with Gasteiger partial charge in [0.1, 0.15) is 6.04 Å². The number of nitrogens with zero attached hydrogens (tertiary/aromatic N) is 4. The van der Waals surface area contributed by atoms with Crippen LogP contribution in [0.1, 0.15) is 24.7 Å². The number of likely N-dealkylation sites (N-methyl/N-ethyl adjacent to an activating group) is 2. The highest BCUT2D eigenvalue weighted by Gasteiger charge is 2.25. The van der Waals surface area contributed by atoms with E-state index in [1.165, 1.54) is 0 Å². The van der Waals surface area contributed by atoms with E-state index in [9.17, 15) is 5.11 Å². The quantitative estimate of drug-likeness (QED) is 0.742. The number of hydrogen-bond acceptors (Lipinski definition) is 7. The Kier molecular flexibility index (Phi) is 4.51. The van der Waals surface area contributed by atoms with Crippen LogP contribution in [-0.2, 0) is 6.42 Å². The molecule has 0 aromatic carbocycles. The lowest BCUT2D eigenvalue weighted by Crippen LogP contribution is -2.50. The van der Waals surface area contributed by atoms with Crippen molar-refractivity contribution in [3.8, 4) is 0 Å². The van der Waals surface area contributed by atoms with Crippen LogP contribution in [-0.4, -0.2) is 70.9 Å². The van der Waals surface area contributed by atoms with E-state index < -0.39 is 12.1 Å². The van der Waals surface area contributed by atoms with Crippen LogP contribution in [0.2, 0.25) is 0 Å². The van der Waals surface area contributed by atoms with Crippen LogP contribution in [0.25, 0.3) is 0 Å². The molecule has 108 valence electrons. The second-order valence-electron chi connectivity index (χ2n) is 5.42. The van der Waals surface area contributed by atoms with Crippen molar-refractivity contribution in [3.05, 3.63) is 11.7 Å². The van der Waals surface area contributed by atoms with E-state index in [2.05, 4.69) is 34.0 Å². The highest BCUT2D eigenvalue weighted by atomic mass is 16.5. The predicted molar refractivity (Wildman–Crippen MR) is 70.5 cm³/mol. The molecule has 1 saturated heterocycles. The Morgan fingerprint density at radius 3 is 2.89 bits per heavy atom. The predicted octanol–water partition coefficient (Wildman–Crippen LogP) is -0.761. The lowest BCUT2D eigenvalue weighted by atomic mass is 10.1. The highest BCUT2D eigenvalue weighted by Crippen LogP contribution is 2.14. The number of hydrogen-bond donors (Lipinski definition) is 2. The number of nitrogens with two attached hydrogens (primary N) is 1. The molecule has 0 aliphatic carbocycles. The molecule has 1 fully saturated rings. The number of aromatic nitrogens is 2. The lowest BCUT2D eigenvalue weighted by Gasteiger charge is -2.37. The molecule has 3 unspecified atom stereocenters. The van der Waals surface area contributed by atoms with Gasteiger partial charge in [-0.15, -0.1) is 0 Å². The van der Waals surface area contributed by atoms with E-state index in [1.54, 1.807) is 6.92 Å². The standard InChI is InChI=1S/C12H23N5O2/c1-8(18)11(13)12-14-10(15-19-12)6-9-7-16(2)4-5-17(9)3/h8-9,11,18H,4-7,13H2,1-3H3. The van der Waals surface area contributed by atoms with Crippen molar-refractivity contribution in [3.63, 3.8) is 0 Å². The molecule has 0 amide bonds. The van der Waals surface area contributed by atoms with Crippen molar-refractivity contribution in [2.75, 3.05) is 33.7 Å². The first-order valence-electron chi connectivity index (χ1n) is 6.62. The topological polar surface area (TPSA) is 91.7 Å². The molecule has 1 aromatic rings. The lowest BCUT2D eigenvalue weighted by molar-refractivity contribution is 0.113. The van der Waals surface area contributed by atoms with Crippen molar-refractivity contribution in [1.29, 1.82) is 0 Å². The summed E-state index contributed by atoms with van der Waals surface area (Å²) in [5, 5.41) is 13.4. The van der Waals surface area contributed by atoms with Gasteiger partial charge in [0.2, 0.25) is 5.89 Å². The summed E-state index contributed by atoms with van der Waals surface area (Å²) in [5.41, 5.74) is 5.77. The zero-order valence-corrected chi connectivity index (χ0v) is 11.8. The van der Waals surface area contributed by atoms with Crippen LogP contribution in [0, 0.1) is 0 Å². The molecule has 1 aliphatic heterocycles. The maximum atomic E-state index is 9.41. The van der Waals surface area contributed by atoms with E-state index in [1.807, 2.05) is 0 Å². The third-order valence-electron chi connectivity index (χ3n) is 3.69. The Bertz CT molecular complexity index is 409. The van der Waals surface area contributed by atoms with Crippen LogP contribution < -0.4 is 5.73 Å². The fourth-order valence-corrected chi connectivity index (χ4v) is 2.22. The largest absolute Gasteiger partial charge is 0.391 e. The molecule has 3 N–H and O–H groups in total. The van der Waals surface area contributed by atoms with Gasteiger partial charge in [-0.1, -0.05) is 5.16 Å². The number of piperazine rings is 1. The van der Waals surface area contributed by atoms with Crippen LogP contribution in [0.15, 0.2) is 4.52 Å². The first-order valence-corrected chi connectivity index (χ1v) is 6.62. The molecule has 0 bridgehead atoms. The molecule has 1 aromatic heterocycles. The summed E-state index contributed by atoms with van der Waals surface area (Å²) in [7, 11) is 4.23. The van der Waals surface area contributed by atoms with E-state index in [-0.39, 0.29) is 0 Å². The fraction of sp³-hybridized carbons (Fsp3) is 0.833. The van der Waals surface area contributed by atoms with Crippen molar-refractivity contribution < 1.29 is 9.63 Å². The molecule has 7 heteroatoms. The maximum absolute atomic E-state index is 9.41. The Hall–Kier alpha value is -1.02. The van der Waals surface area contributed by atoms with Gasteiger partial charge in [-0.25, -0.2) is 0 Å². The Morgan fingerprint density at radius 2 is 2.21 bits per heavy atom. The zero-order valence-electron chi connectivity index (χ0n) is 11.8. The van der Waals surface area contributed by atoms with Crippen molar-refractivity contribution >= 4 is 0 Å². The van der Waals surface area contributed by atoms with Crippen LogP contribution in [0.4, 0.5) is 0 Å². The van der Waals surface area contributed by atoms with Gasteiger partial charge in [0.25, 0.3) is 0 Å². The van der Waals surface area contributed by atoms with Gasteiger partial charge in [-0.05, 0) is 21.0 Å². The molecule has 0 spiro atoms. The van der Waals surface area contributed by atoms with Gasteiger partial charge in [-0.3, -0.25) is 0 Å². The summed E-state index contributed by atoms with van der Waals surface area (Å²) in [5.74, 6) is 0.954. The minimum atomic E-state index is -0.697. The van der Waals surface area contributed by atoms with Crippen LogP contribution in [0.5, 0.6) is 0 Å². The van der Waals surface area contributed by atoms with Gasteiger partial charge in [-0.2, -0.15) is 4.98 Å². The maximum Gasteiger partial charge on any atom is 0.246 e. The molecule has 2 rings (SSSR count). The summed E-state index contributed by atoms with van der Waals surface area (Å²) in [6.07, 6.45) is 0.0356. The van der Waals surface area contributed by atoms with Crippen LogP contribution in [0.3, 0.4) is 0 Å². The van der Waals surface area contributed by atoms with Crippen LogP contribution >= 0.6 is 0 Å². The molecule has 0 saturated carbocycles. The zero-order chi connectivity index (χ0) is 14.0. The molecular formula is C12H23N5O2. The number of rotatable bonds is 4. The Labute approximate surface area is 113 Å². The SMILES string of the molecule is CC(O)C(N)c1nc(CC2CN(C)CCN2C)no1. The van der Waals surface area contributed by atoms with E-state index >= 15 is 0 Å². The highest BCUT2D eigenvalue weighted by molar-refractivity contribution is 4.97. The molecule has 1 aliphatic rings. The van der Waals surface area contributed by atoms with Gasteiger partial charge < -0.3 is 25.2 Å². The summed E-state index contributed by atoms with van der Waals surface area (Å²) in [4.78, 5) is 8.89. The smallest absolute Gasteiger partial charge is 0.246 e. The molecule has 2 heterocycles. The normalized spacial score (nSPS) is 25.4. The van der Waals surface area contributed by atoms with Crippen molar-refractivity contribution in [1.82, 2.24) is 19.9 Å². The number of aliphatic hydroxyl groups excluding tert-OH is 1. The first kappa shape index (κ1) is 14.4. The van der Waals surface area contributed by atoms with Gasteiger partial charge in [0, 0.05) is 32.1 Å². The minimum Gasteiger partial charge on any atom is -0.391 e. The molecular weight excluding hydrogens is 246 g/mol. The van der Waals surface area contributed by atoms with Gasteiger partial charge in [0.05, 0.1) is 6.10 Å². The molecule has 0 radical (unpaired) electrons. The van der Waals surface area contributed by atoms with Gasteiger partial charge in [0.15, 0.2) is 5.82 Å². The van der Waals surface area contributed by atoms with E-state index in [4.69, 9.17) is 10.3 Å². The van der Waals surface area contributed by atoms with E-state index in [0.717, 1.165) is 26.1 Å². The second-order valence-corrected chi connectivity index (χ2v) is 5.42. The Balaban J connectivity index is 1.99. The monoisotopic (exact) mass is 269 g/mol. The van der Waals surface area contributed by atoms with E-state index in [0.29, 0.717) is 17.8 Å². The second kappa shape index (κ2) is 5.96. The summed E-state index contributed by atoms with van der Waals surface area (Å²) in [6, 6.07) is -0.236. The molecule has 7 nitrogen and oxygen atoms in total.